The molecule has 1 aromatic carbocycles. The average Bonchev–Trinajstić information content (AvgIpc) is 2.19. The molecule has 2 amide bonds. The minimum absolute atomic E-state index is 0. The average molecular weight is 316 g/mol. The van der Waals surface area contributed by atoms with Crippen molar-refractivity contribution in [2.45, 2.75) is 33.1 Å². The maximum absolute atomic E-state index is 13.9. The highest BCUT2D eigenvalue weighted by molar-refractivity contribution is 9.10. The van der Waals surface area contributed by atoms with Crippen LogP contribution in [0.2, 0.25) is 0 Å². The van der Waals surface area contributed by atoms with Crippen molar-refractivity contribution in [1.82, 2.24) is 5.32 Å². The zero-order chi connectivity index (χ0) is 12.6. The predicted molar refractivity (Wildman–Crippen MR) is 70.7 cm³/mol. The zero-order valence-corrected chi connectivity index (χ0v) is 10.8. The topological polar surface area (TPSA) is 46.2 Å². The van der Waals surface area contributed by atoms with Crippen LogP contribution in [-0.4, -0.2) is 11.8 Å². The van der Waals surface area contributed by atoms with Gasteiger partial charge in [-0.2, -0.15) is 0 Å². The Hall–Kier alpha value is -1.23. The Kier molecular flexibility index (Phi) is 4.62. The first kappa shape index (κ1) is 14.8. The number of carbonyl (C=O) groups is 2. The molecule has 98 valence electrons. The molecule has 18 heavy (non-hydrogen) atoms. The van der Waals surface area contributed by atoms with Crippen molar-refractivity contribution in [3.8, 4) is 0 Å². The van der Waals surface area contributed by atoms with Gasteiger partial charge in [0.15, 0.2) is 0 Å². The molecule has 1 aromatic rings. The van der Waals surface area contributed by atoms with Gasteiger partial charge in [0.25, 0.3) is 0 Å². The fourth-order valence-corrected chi connectivity index (χ4v) is 2.67. The number of hydrogen-bond donors (Lipinski definition) is 1. The minimum atomic E-state index is -0.569. The van der Waals surface area contributed by atoms with Crippen LogP contribution in [0.5, 0.6) is 0 Å². The van der Waals surface area contributed by atoms with E-state index in [1.54, 1.807) is 13.0 Å². The highest BCUT2D eigenvalue weighted by Gasteiger charge is 2.31. The maximum atomic E-state index is 13.9. The Morgan fingerprint density at radius 2 is 2.06 bits per heavy atom. The summed E-state index contributed by atoms with van der Waals surface area (Å²) in [6, 6.07) is 3.11. The Morgan fingerprint density at radius 1 is 1.39 bits per heavy atom. The predicted octanol–water partition coefficient (Wildman–Crippen LogP) is 3.05. The molecule has 1 fully saturated rings. The van der Waals surface area contributed by atoms with Gasteiger partial charge in [-0.15, -0.1) is 0 Å². The summed E-state index contributed by atoms with van der Waals surface area (Å²) in [6.07, 6.45) is 0.620. The lowest BCUT2D eigenvalue weighted by Crippen LogP contribution is -2.40. The molecule has 0 bridgehead atoms. The van der Waals surface area contributed by atoms with E-state index in [9.17, 15) is 14.0 Å². The molecule has 2 rings (SSSR count). The number of benzene rings is 1. The number of piperidine rings is 1. The van der Waals surface area contributed by atoms with E-state index in [1.807, 2.05) is 0 Å². The second-order valence-electron chi connectivity index (χ2n) is 4.12. The van der Waals surface area contributed by atoms with Crippen molar-refractivity contribution in [2.75, 3.05) is 0 Å². The van der Waals surface area contributed by atoms with E-state index in [0.717, 1.165) is 0 Å². The van der Waals surface area contributed by atoms with Crippen LogP contribution in [0.25, 0.3) is 0 Å². The van der Waals surface area contributed by atoms with Crippen LogP contribution in [0.3, 0.4) is 0 Å². The van der Waals surface area contributed by atoms with Crippen LogP contribution in [0.1, 0.15) is 37.3 Å². The Labute approximate surface area is 114 Å². The van der Waals surface area contributed by atoms with Crippen LogP contribution in [0, 0.1) is 12.7 Å². The van der Waals surface area contributed by atoms with Gasteiger partial charge < -0.3 is 0 Å². The number of halogens is 2. The summed E-state index contributed by atoms with van der Waals surface area (Å²) < 4.78 is 14.5. The quantitative estimate of drug-likeness (QED) is 0.810. The molecule has 0 aliphatic carbocycles. The molecule has 0 aromatic heterocycles. The molecule has 1 unspecified atom stereocenters. The highest BCUT2D eigenvalue weighted by Crippen LogP contribution is 2.31. The van der Waals surface area contributed by atoms with Gasteiger partial charge >= 0.3 is 0 Å². The number of imide groups is 1. The normalized spacial score (nSPS) is 19.2. The van der Waals surface area contributed by atoms with Gasteiger partial charge in [-0.25, -0.2) is 4.39 Å². The van der Waals surface area contributed by atoms with E-state index >= 15 is 0 Å². The lowest BCUT2D eigenvalue weighted by atomic mass is 9.87. The minimum Gasteiger partial charge on any atom is -0.296 e. The van der Waals surface area contributed by atoms with E-state index in [1.165, 1.54) is 6.07 Å². The Bertz CT molecular complexity index is 479. The summed E-state index contributed by atoms with van der Waals surface area (Å²) in [7, 11) is 0. The van der Waals surface area contributed by atoms with Crippen LogP contribution in [0.15, 0.2) is 16.6 Å². The second kappa shape index (κ2) is 5.61. The van der Waals surface area contributed by atoms with Crippen molar-refractivity contribution in [3.05, 3.63) is 33.5 Å². The van der Waals surface area contributed by atoms with Crippen molar-refractivity contribution < 1.29 is 14.0 Å². The first-order chi connectivity index (χ1) is 7.99. The molecule has 1 N–H and O–H groups in total. The fourth-order valence-electron chi connectivity index (χ4n) is 2.12. The first-order valence-electron chi connectivity index (χ1n) is 5.28. The van der Waals surface area contributed by atoms with Crippen molar-refractivity contribution in [2.24, 2.45) is 0 Å². The van der Waals surface area contributed by atoms with Crippen LogP contribution in [0.4, 0.5) is 4.39 Å². The molecule has 3 nitrogen and oxygen atoms in total. The number of nitrogens with one attached hydrogen (secondary N) is 1. The van der Waals surface area contributed by atoms with Gasteiger partial charge in [-0.05, 0) is 31.0 Å². The monoisotopic (exact) mass is 315 g/mol. The number of hydrogen-bond acceptors (Lipinski definition) is 2. The van der Waals surface area contributed by atoms with Crippen LogP contribution in [-0.2, 0) is 9.59 Å². The van der Waals surface area contributed by atoms with E-state index in [2.05, 4.69) is 21.2 Å². The lowest BCUT2D eigenvalue weighted by Gasteiger charge is -2.23. The first-order valence-corrected chi connectivity index (χ1v) is 6.07. The largest absolute Gasteiger partial charge is 0.296 e. The lowest BCUT2D eigenvalue weighted by molar-refractivity contribution is -0.134. The van der Waals surface area contributed by atoms with Gasteiger partial charge in [-0.3, -0.25) is 14.9 Å². The molecule has 1 aliphatic rings. The van der Waals surface area contributed by atoms with Gasteiger partial charge in [-0.1, -0.05) is 23.4 Å². The van der Waals surface area contributed by atoms with Gasteiger partial charge in [0.2, 0.25) is 11.8 Å². The summed E-state index contributed by atoms with van der Waals surface area (Å²) in [5, 5.41) is 2.24. The molecule has 0 spiro atoms. The third-order valence-electron chi connectivity index (χ3n) is 2.89. The number of aryl methyl sites for hydroxylation is 1. The fraction of sp³-hybridized carbons (Fsp3) is 0.385. The maximum Gasteiger partial charge on any atom is 0.234 e. The molecular formula is C13H15BrFNO2. The van der Waals surface area contributed by atoms with Gasteiger partial charge in [0, 0.05) is 16.5 Å². The SMILES string of the molecule is C.Cc1cc(Br)cc(F)c1C1CCC(=O)NC1=O. The third-order valence-corrected chi connectivity index (χ3v) is 3.35. The smallest absolute Gasteiger partial charge is 0.234 e. The van der Waals surface area contributed by atoms with Crippen LogP contribution < -0.4 is 5.32 Å². The Morgan fingerprint density at radius 3 is 2.61 bits per heavy atom. The van der Waals surface area contributed by atoms with Crippen molar-refractivity contribution >= 4 is 27.7 Å². The molecule has 1 atom stereocenters. The third kappa shape index (κ3) is 2.77. The van der Waals surface area contributed by atoms with E-state index < -0.39 is 17.6 Å². The van der Waals surface area contributed by atoms with Gasteiger partial charge in [0.05, 0.1) is 5.92 Å². The van der Waals surface area contributed by atoms with E-state index in [-0.39, 0.29) is 19.8 Å². The van der Waals surface area contributed by atoms with Gasteiger partial charge in [0.1, 0.15) is 5.82 Å². The molecule has 1 aliphatic heterocycles. The Balaban J connectivity index is 0.00000162. The summed E-state index contributed by atoms with van der Waals surface area (Å²) in [4.78, 5) is 22.7. The van der Waals surface area contributed by atoms with E-state index in [4.69, 9.17) is 0 Å². The standard InChI is InChI=1S/C12H11BrFNO2.CH4/c1-6-4-7(13)5-9(14)11(6)8-2-3-10(16)15-12(8)17;/h4-5,8H,2-3H2,1H3,(H,15,16,17);1H4. The summed E-state index contributed by atoms with van der Waals surface area (Å²) in [5.41, 5.74) is 1.10. The summed E-state index contributed by atoms with van der Waals surface area (Å²) >= 11 is 3.20. The summed E-state index contributed by atoms with van der Waals surface area (Å²) in [6.45, 7) is 1.76. The van der Waals surface area contributed by atoms with Crippen LogP contribution >= 0.6 is 15.9 Å². The molecule has 1 heterocycles. The summed E-state index contributed by atoms with van der Waals surface area (Å²) in [5.74, 6) is -1.68. The van der Waals surface area contributed by atoms with Crippen molar-refractivity contribution in [3.63, 3.8) is 0 Å². The van der Waals surface area contributed by atoms with E-state index in [0.29, 0.717) is 22.0 Å². The number of amides is 2. The molecular weight excluding hydrogens is 301 g/mol. The molecule has 1 saturated heterocycles. The molecule has 0 saturated carbocycles. The molecule has 5 heteroatoms. The zero-order valence-electron chi connectivity index (χ0n) is 9.22. The van der Waals surface area contributed by atoms with Crippen molar-refractivity contribution in [1.29, 1.82) is 0 Å². The number of rotatable bonds is 1. The second-order valence-corrected chi connectivity index (χ2v) is 5.04. The number of carbonyl (C=O) groups excluding carboxylic acids is 2. The molecule has 0 radical (unpaired) electrons. The highest BCUT2D eigenvalue weighted by atomic mass is 79.9.